The quantitative estimate of drug-likeness (QED) is 0.788. The number of nitrogens with two attached hydrogens (primary N) is 1. The molecule has 1 atom stereocenters. The summed E-state index contributed by atoms with van der Waals surface area (Å²) in [5.74, 6) is 0.121. The molecule has 26 heavy (non-hydrogen) atoms. The lowest BCUT2D eigenvalue weighted by atomic mass is 10.2. The number of carbonyl (C=O) groups excluding carboxylic acids is 1. The topological polar surface area (TPSA) is 132 Å². The van der Waals surface area contributed by atoms with Gasteiger partial charge in [-0.25, -0.2) is 13.6 Å². The van der Waals surface area contributed by atoms with E-state index in [4.69, 9.17) is 19.9 Å². The summed E-state index contributed by atoms with van der Waals surface area (Å²) in [6, 6.07) is 12.1. The van der Waals surface area contributed by atoms with Gasteiger partial charge in [-0.2, -0.15) is 5.26 Å². The fourth-order valence-corrected chi connectivity index (χ4v) is 2.63. The van der Waals surface area contributed by atoms with Crippen molar-refractivity contribution in [1.29, 1.82) is 5.26 Å². The number of methoxy groups -OCH3 is 1. The van der Waals surface area contributed by atoms with Crippen molar-refractivity contribution in [1.82, 2.24) is 0 Å². The van der Waals surface area contributed by atoms with Crippen molar-refractivity contribution < 1.29 is 22.7 Å². The van der Waals surface area contributed by atoms with Gasteiger partial charge in [0, 0.05) is 11.8 Å². The number of amides is 1. The Labute approximate surface area is 151 Å². The summed E-state index contributed by atoms with van der Waals surface area (Å²) >= 11 is 0. The minimum atomic E-state index is -3.87. The van der Waals surface area contributed by atoms with Gasteiger partial charge in [-0.05, 0) is 37.3 Å². The van der Waals surface area contributed by atoms with Gasteiger partial charge in [-0.3, -0.25) is 4.79 Å². The van der Waals surface area contributed by atoms with Gasteiger partial charge in [0.15, 0.2) is 17.6 Å². The molecule has 0 heterocycles. The summed E-state index contributed by atoms with van der Waals surface area (Å²) in [6.07, 6.45) is -0.907. The normalized spacial score (nSPS) is 11.9. The SMILES string of the molecule is COc1cc(C#N)ccc1O[C@@H](C)C(=O)Nc1cccc(S(N)(=O)=O)c1. The number of hydrogen-bond donors (Lipinski definition) is 2. The maximum Gasteiger partial charge on any atom is 0.265 e. The van der Waals surface area contributed by atoms with E-state index in [1.54, 1.807) is 0 Å². The zero-order valence-corrected chi connectivity index (χ0v) is 14.9. The van der Waals surface area contributed by atoms with Crippen molar-refractivity contribution in [2.75, 3.05) is 12.4 Å². The van der Waals surface area contributed by atoms with Crippen LogP contribution in [0.4, 0.5) is 5.69 Å². The molecule has 2 aromatic carbocycles. The van der Waals surface area contributed by atoms with Crippen LogP contribution in [0.2, 0.25) is 0 Å². The number of hydrogen-bond acceptors (Lipinski definition) is 6. The van der Waals surface area contributed by atoms with E-state index >= 15 is 0 Å². The largest absolute Gasteiger partial charge is 0.493 e. The van der Waals surface area contributed by atoms with Gasteiger partial charge in [0.05, 0.1) is 23.6 Å². The molecule has 0 unspecified atom stereocenters. The van der Waals surface area contributed by atoms with Gasteiger partial charge < -0.3 is 14.8 Å². The lowest BCUT2D eigenvalue weighted by Gasteiger charge is -2.17. The Morgan fingerprint density at radius 2 is 1.96 bits per heavy atom. The van der Waals surface area contributed by atoms with Crippen LogP contribution in [0.3, 0.4) is 0 Å². The molecule has 0 bridgehead atoms. The maximum absolute atomic E-state index is 12.3. The number of anilines is 1. The third-order valence-corrected chi connectivity index (χ3v) is 4.31. The number of benzene rings is 2. The number of nitrogens with one attached hydrogen (secondary N) is 1. The standard InChI is InChI=1S/C17H17N3O5S/c1-11(25-15-7-6-12(10-18)8-16(15)24-2)17(21)20-13-4-3-5-14(9-13)26(19,22)23/h3-9,11H,1-2H3,(H,20,21)(H2,19,22,23)/t11-/m0/s1. The smallest absolute Gasteiger partial charge is 0.265 e. The highest BCUT2D eigenvalue weighted by Crippen LogP contribution is 2.29. The number of rotatable bonds is 6. The molecule has 3 N–H and O–H groups in total. The number of primary sulfonamides is 1. The highest BCUT2D eigenvalue weighted by molar-refractivity contribution is 7.89. The fourth-order valence-electron chi connectivity index (χ4n) is 2.07. The second-order valence-corrected chi connectivity index (χ2v) is 6.86. The molecule has 2 rings (SSSR count). The van der Waals surface area contributed by atoms with E-state index in [2.05, 4.69) is 5.32 Å². The molecule has 1 amide bonds. The summed E-state index contributed by atoms with van der Waals surface area (Å²) in [4.78, 5) is 12.2. The molecule has 8 nitrogen and oxygen atoms in total. The molecule has 0 aliphatic rings. The van der Waals surface area contributed by atoms with Crippen LogP contribution < -0.4 is 19.9 Å². The molecule has 0 aliphatic heterocycles. The first-order valence-corrected chi connectivity index (χ1v) is 8.97. The maximum atomic E-state index is 12.3. The second-order valence-electron chi connectivity index (χ2n) is 5.30. The Morgan fingerprint density at radius 1 is 1.23 bits per heavy atom. The van der Waals surface area contributed by atoms with Crippen molar-refractivity contribution in [3.05, 3.63) is 48.0 Å². The Bertz CT molecular complexity index is 967. The molecule has 136 valence electrons. The minimum Gasteiger partial charge on any atom is -0.493 e. The average molecular weight is 375 g/mol. The minimum absolute atomic E-state index is 0.113. The number of nitriles is 1. The van der Waals surface area contributed by atoms with Gasteiger partial charge in [0.1, 0.15) is 0 Å². The molecule has 0 saturated heterocycles. The van der Waals surface area contributed by atoms with Crippen LogP contribution in [-0.2, 0) is 14.8 Å². The first-order chi connectivity index (χ1) is 12.2. The predicted molar refractivity (Wildman–Crippen MR) is 94.2 cm³/mol. The highest BCUT2D eigenvalue weighted by atomic mass is 32.2. The lowest BCUT2D eigenvalue weighted by molar-refractivity contribution is -0.122. The van der Waals surface area contributed by atoms with Crippen molar-refractivity contribution in [2.24, 2.45) is 5.14 Å². The van der Waals surface area contributed by atoms with Crippen LogP contribution >= 0.6 is 0 Å². The third kappa shape index (κ3) is 4.72. The molecule has 9 heteroatoms. The predicted octanol–water partition coefficient (Wildman–Crippen LogP) is 1.62. The lowest BCUT2D eigenvalue weighted by Crippen LogP contribution is -2.30. The van der Waals surface area contributed by atoms with Crippen LogP contribution in [0.25, 0.3) is 0 Å². The summed E-state index contributed by atoms with van der Waals surface area (Å²) in [5, 5.41) is 16.5. The molecule has 0 radical (unpaired) electrons. The molecule has 2 aromatic rings. The molecule has 0 aliphatic carbocycles. The Morgan fingerprint density at radius 3 is 2.58 bits per heavy atom. The van der Waals surface area contributed by atoms with E-state index in [0.717, 1.165) is 0 Å². The number of nitrogens with zero attached hydrogens (tertiary/aromatic N) is 1. The van der Waals surface area contributed by atoms with E-state index in [1.807, 2.05) is 6.07 Å². The van der Waals surface area contributed by atoms with E-state index in [1.165, 1.54) is 56.5 Å². The van der Waals surface area contributed by atoms with Crippen LogP contribution in [-0.4, -0.2) is 27.5 Å². The molecule has 0 fully saturated rings. The van der Waals surface area contributed by atoms with Gasteiger partial charge in [-0.1, -0.05) is 6.07 Å². The molecule has 0 aromatic heterocycles. The Balaban J connectivity index is 2.13. The zero-order chi connectivity index (χ0) is 19.3. The van der Waals surface area contributed by atoms with Crippen LogP contribution in [0.15, 0.2) is 47.4 Å². The average Bonchev–Trinajstić information content (AvgIpc) is 2.61. The number of carbonyl (C=O) groups is 1. The third-order valence-electron chi connectivity index (χ3n) is 3.40. The first kappa shape index (κ1) is 19.2. The molecule has 0 spiro atoms. The van der Waals surface area contributed by atoms with Gasteiger partial charge in [-0.15, -0.1) is 0 Å². The number of sulfonamides is 1. The van der Waals surface area contributed by atoms with E-state index in [9.17, 15) is 13.2 Å². The van der Waals surface area contributed by atoms with Crippen molar-refractivity contribution in [2.45, 2.75) is 17.9 Å². The van der Waals surface area contributed by atoms with Crippen molar-refractivity contribution >= 4 is 21.6 Å². The van der Waals surface area contributed by atoms with E-state index in [0.29, 0.717) is 17.1 Å². The zero-order valence-electron chi connectivity index (χ0n) is 14.1. The van der Waals surface area contributed by atoms with Gasteiger partial charge in [0.2, 0.25) is 10.0 Å². The first-order valence-electron chi connectivity index (χ1n) is 7.43. The Kier molecular flexibility index (Phi) is 5.82. The highest BCUT2D eigenvalue weighted by Gasteiger charge is 2.18. The molecular weight excluding hydrogens is 358 g/mol. The van der Waals surface area contributed by atoms with Crippen LogP contribution in [0, 0.1) is 11.3 Å². The van der Waals surface area contributed by atoms with E-state index in [-0.39, 0.29) is 10.6 Å². The fraction of sp³-hybridized carbons (Fsp3) is 0.176. The van der Waals surface area contributed by atoms with Crippen molar-refractivity contribution in [3.63, 3.8) is 0 Å². The molecule has 0 saturated carbocycles. The van der Waals surface area contributed by atoms with Crippen LogP contribution in [0.5, 0.6) is 11.5 Å². The summed E-state index contributed by atoms with van der Waals surface area (Å²) in [7, 11) is -2.45. The monoisotopic (exact) mass is 375 g/mol. The van der Waals surface area contributed by atoms with Gasteiger partial charge >= 0.3 is 0 Å². The molecular formula is C17H17N3O5S. The number of ether oxygens (including phenoxy) is 2. The summed E-state index contributed by atoms with van der Waals surface area (Å²) < 4.78 is 33.5. The summed E-state index contributed by atoms with van der Waals surface area (Å²) in [6.45, 7) is 1.52. The van der Waals surface area contributed by atoms with Gasteiger partial charge in [0.25, 0.3) is 5.91 Å². The van der Waals surface area contributed by atoms with Crippen LogP contribution in [0.1, 0.15) is 12.5 Å². The van der Waals surface area contributed by atoms with E-state index < -0.39 is 22.0 Å². The Hall–Kier alpha value is -3.09. The van der Waals surface area contributed by atoms with Crippen molar-refractivity contribution in [3.8, 4) is 17.6 Å². The summed E-state index contributed by atoms with van der Waals surface area (Å²) in [5.41, 5.74) is 0.662. The second kappa shape index (κ2) is 7.86.